The zero-order valence-corrected chi connectivity index (χ0v) is 67.0. The predicted molar refractivity (Wildman–Crippen MR) is 485 cm³/mol. The first-order chi connectivity index (χ1) is 53.6. The molecule has 0 aliphatic carbocycles. The van der Waals surface area contributed by atoms with E-state index in [4.69, 9.17) is 0 Å². The largest absolute Gasteiger partial charge is 0.310 e. The Morgan fingerprint density at radius 2 is 0.568 bits per heavy atom. The molecular formula is C106H89BN2S2. The molecule has 0 radical (unpaired) electrons. The maximum Gasteiger partial charge on any atom is 0.252 e. The molecule has 0 spiro atoms. The molecule has 17 aromatic rings. The summed E-state index contributed by atoms with van der Waals surface area (Å²) in [7, 11) is 0. The van der Waals surface area contributed by atoms with Gasteiger partial charge in [0.1, 0.15) is 0 Å². The number of anilines is 6. The van der Waals surface area contributed by atoms with Crippen molar-refractivity contribution in [1.82, 2.24) is 0 Å². The van der Waals surface area contributed by atoms with Gasteiger partial charge in [0, 0.05) is 85.3 Å². The van der Waals surface area contributed by atoms with Crippen LogP contribution in [0.2, 0.25) is 0 Å². The normalized spacial score (nSPS) is 13.0. The summed E-state index contributed by atoms with van der Waals surface area (Å²) in [5, 5.41) is 5.09. The third-order valence-corrected chi connectivity index (χ3v) is 25.7. The number of para-hydroxylation sites is 1. The Morgan fingerprint density at radius 1 is 0.225 bits per heavy atom. The van der Waals surface area contributed by atoms with E-state index in [1.54, 1.807) is 0 Å². The van der Waals surface area contributed by atoms with Crippen LogP contribution in [0.25, 0.3) is 129 Å². The molecule has 2 nitrogen and oxygen atoms in total. The van der Waals surface area contributed by atoms with Crippen LogP contribution in [0.3, 0.4) is 0 Å². The first-order valence-electron chi connectivity index (χ1n) is 39.3. The first kappa shape index (κ1) is 69.8. The van der Waals surface area contributed by atoms with Crippen molar-refractivity contribution in [1.29, 1.82) is 0 Å². The number of fused-ring (bicyclic) bond motifs is 10. The van der Waals surface area contributed by atoms with Crippen LogP contribution in [-0.2, 0) is 21.7 Å². The maximum absolute atomic E-state index is 2.77. The van der Waals surface area contributed by atoms with Gasteiger partial charge in [0.15, 0.2) is 0 Å². The van der Waals surface area contributed by atoms with Crippen LogP contribution in [-0.4, -0.2) is 6.71 Å². The van der Waals surface area contributed by atoms with Gasteiger partial charge >= 0.3 is 0 Å². The molecule has 0 atom stereocenters. The molecule has 2 aromatic heterocycles. The average molecular weight is 1470 g/mol. The Morgan fingerprint density at radius 3 is 1.04 bits per heavy atom. The molecule has 2 aliphatic rings. The monoisotopic (exact) mass is 1460 g/mol. The lowest BCUT2D eigenvalue weighted by Gasteiger charge is -2.46. The highest BCUT2D eigenvalue weighted by atomic mass is 32.1. The third kappa shape index (κ3) is 12.1. The fourth-order valence-corrected chi connectivity index (χ4v) is 19.8. The van der Waals surface area contributed by atoms with Gasteiger partial charge in [-0.05, 0) is 218 Å². The molecule has 0 saturated heterocycles. The highest BCUT2D eigenvalue weighted by Crippen LogP contribution is 2.58. The molecule has 111 heavy (non-hydrogen) atoms. The highest BCUT2D eigenvalue weighted by Gasteiger charge is 2.46. The molecule has 0 fully saturated rings. The molecule has 538 valence electrons. The van der Waals surface area contributed by atoms with Gasteiger partial charge in [-0.25, -0.2) is 0 Å². The summed E-state index contributed by atoms with van der Waals surface area (Å²) >= 11 is 3.79. The van der Waals surface area contributed by atoms with Gasteiger partial charge in [-0.2, -0.15) is 0 Å². The zero-order valence-electron chi connectivity index (χ0n) is 65.4. The van der Waals surface area contributed by atoms with Crippen LogP contribution in [0.15, 0.2) is 322 Å². The van der Waals surface area contributed by atoms with Crippen LogP contribution in [0.5, 0.6) is 0 Å². The summed E-state index contributed by atoms with van der Waals surface area (Å²) in [6.45, 7) is 28.2. The number of hydrogen-bond donors (Lipinski definition) is 0. The van der Waals surface area contributed by atoms with Crippen molar-refractivity contribution in [2.45, 2.75) is 105 Å². The van der Waals surface area contributed by atoms with E-state index in [-0.39, 0.29) is 28.4 Å². The Bertz CT molecular complexity index is 6270. The zero-order chi connectivity index (χ0) is 76.0. The third-order valence-electron chi connectivity index (χ3n) is 23.4. The van der Waals surface area contributed by atoms with Crippen molar-refractivity contribution in [3.63, 3.8) is 0 Å². The van der Waals surface area contributed by atoms with Gasteiger partial charge in [-0.15, -0.1) is 22.7 Å². The Balaban J connectivity index is 1.03. The summed E-state index contributed by atoms with van der Waals surface area (Å²) < 4.78 is 5.10. The van der Waals surface area contributed by atoms with Gasteiger partial charge in [-0.1, -0.05) is 314 Å². The van der Waals surface area contributed by atoms with Gasteiger partial charge < -0.3 is 9.80 Å². The van der Waals surface area contributed by atoms with Crippen molar-refractivity contribution in [3.8, 4) is 89.0 Å². The molecule has 0 saturated carbocycles. The average Bonchev–Trinajstić information content (AvgIpc) is 0.900. The number of benzene rings is 15. The number of hydrogen-bond acceptors (Lipinski definition) is 4. The summed E-state index contributed by atoms with van der Waals surface area (Å²) in [6, 6.07) is 124. The molecule has 0 bridgehead atoms. The number of thiophene rings is 2. The van der Waals surface area contributed by atoms with Gasteiger partial charge in [0.25, 0.3) is 6.71 Å². The van der Waals surface area contributed by atoms with E-state index in [2.05, 4.69) is 414 Å². The predicted octanol–water partition coefficient (Wildman–Crippen LogP) is 29.0. The Hall–Kier alpha value is -11.6. The van der Waals surface area contributed by atoms with Crippen molar-refractivity contribution in [2.75, 3.05) is 9.80 Å². The second kappa shape index (κ2) is 26.6. The van der Waals surface area contributed by atoms with E-state index in [0.29, 0.717) is 0 Å². The molecule has 15 aromatic carbocycles. The molecule has 0 amide bonds. The molecule has 0 unspecified atom stereocenters. The van der Waals surface area contributed by atoms with Crippen LogP contribution in [0, 0.1) is 0 Å². The topological polar surface area (TPSA) is 6.48 Å². The van der Waals surface area contributed by atoms with Crippen molar-refractivity contribution in [2.24, 2.45) is 0 Å². The quantitative estimate of drug-likeness (QED) is 0.126. The van der Waals surface area contributed by atoms with Crippen LogP contribution >= 0.6 is 22.7 Å². The van der Waals surface area contributed by atoms with Crippen LogP contribution < -0.4 is 26.2 Å². The summed E-state index contributed by atoms with van der Waals surface area (Å²) in [6.07, 6.45) is 0. The van der Waals surface area contributed by atoms with E-state index in [1.165, 1.54) is 123 Å². The van der Waals surface area contributed by atoms with E-state index in [0.717, 1.165) is 78.6 Å². The van der Waals surface area contributed by atoms with Crippen LogP contribution in [0.4, 0.5) is 34.1 Å². The standard InChI is InChI=1S/C106H89BN2S2/c1-103(2,3)76-56-74(57-77(61-76)104(4,5)6)70-51-52-89-91(58-70)109(101-84(68-37-21-15-22-38-68)62-78(105(7,8)9)63-85(101)69-39-23-16-24-40-69)93-60-75(73-54-71(66-33-17-13-18-34-66)53-72(55-73)67-35-19-14-20-36-67)59-92-100(93)107(89)88-45-27-28-46-90(88)108(92)102-86(80-43-31-49-96-98(80)82-41-25-29-47-94(82)110-96)64-79(106(10,11)12)65-87(102)81-44-32-50-97-99(81)83-42-26-30-48-95(83)111-97/h13-65H,1-12H3. The minimum Gasteiger partial charge on any atom is -0.310 e. The lowest BCUT2D eigenvalue weighted by Crippen LogP contribution is -2.61. The van der Waals surface area contributed by atoms with Crippen molar-refractivity contribution >= 4 is 120 Å². The van der Waals surface area contributed by atoms with Gasteiger partial charge in [-0.3, -0.25) is 0 Å². The van der Waals surface area contributed by atoms with Gasteiger partial charge in [0.2, 0.25) is 0 Å². The van der Waals surface area contributed by atoms with E-state index < -0.39 is 0 Å². The molecule has 19 rings (SSSR count). The summed E-state index contributed by atoms with van der Waals surface area (Å²) in [5.41, 5.74) is 33.8. The van der Waals surface area contributed by atoms with Crippen LogP contribution in [0.1, 0.15) is 105 Å². The molecule has 5 heteroatoms. The lowest BCUT2D eigenvalue weighted by atomic mass is 9.33. The smallest absolute Gasteiger partial charge is 0.252 e. The molecule has 4 heterocycles. The van der Waals surface area contributed by atoms with E-state index in [1.807, 2.05) is 22.7 Å². The minimum atomic E-state index is -0.262. The maximum atomic E-state index is 2.77. The first-order valence-corrected chi connectivity index (χ1v) is 40.9. The minimum absolute atomic E-state index is 0.108. The fraction of sp³-hybridized carbons (Fsp3) is 0.151. The second-order valence-corrected chi connectivity index (χ2v) is 37.0. The Kier molecular flexibility index (Phi) is 16.7. The highest BCUT2D eigenvalue weighted by molar-refractivity contribution is 7.26. The molecule has 2 aliphatic heterocycles. The number of rotatable bonds is 10. The number of nitrogens with zero attached hydrogens (tertiary/aromatic N) is 2. The summed E-state index contributed by atoms with van der Waals surface area (Å²) in [5.74, 6) is 0. The lowest BCUT2D eigenvalue weighted by molar-refractivity contribution is 0.569. The molecular weight excluding hydrogens is 1380 g/mol. The Labute approximate surface area is 662 Å². The van der Waals surface area contributed by atoms with E-state index >= 15 is 0 Å². The van der Waals surface area contributed by atoms with Crippen molar-refractivity contribution in [3.05, 3.63) is 344 Å². The SMILES string of the molecule is CC(C)(C)c1cc(-c2ccc3c(c2)N(c2c(-c4ccccc4)cc(C(C)(C)C)cc2-c2ccccc2)c2cc(-c4cc(-c5ccccc5)cc(-c5ccccc5)c4)cc4c2B3c2ccccc2N4c2c(-c3cccc4sc5ccccc5c34)cc(C(C)(C)C)cc2-c2cccc3sc4ccccc4c23)cc(C(C)(C)C)c1. The van der Waals surface area contributed by atoms with E-state index in [9.17, 15) is 0 Å². The molecule has 0 N–H and O–H groups in total. The van der Waals surface area contributed by atoms with Crippen molar-refractivity contribution < 1.29 is 0 Å². The fourth-order valence-electron chi connectivity index (χ4n) is 17.5. The summed E-state index contributed by atoms with van der Waals surface area (Å²) in [4.78, 5) is 5.53. The second-order valence-electron chi connectivity index (χ2n) is 34.8. The van der Waals surface area contributed by atoms with Gasteiger partial charge in [0.05, 0.1) is 11.4 Å².